The zero-order valence-corrected chi connectivity index (χ0v) is 20.3. The molecule has 3 rings (SSSR count). The lowest BCUT2D eigenvalue weighted by Crippen LogP contribution is -2.32. The third-order valence-electron chi connectivity index (χ3n) is 5.62. The zero-order valence-electron chi connectivity index (χ0n) is 20.3. The Hall–Kier alpha value is -4.32. The van der Waals surface area contributed by atoms with Gasteiger partial charge in [-0.3, -0.25) is 0 Å². The van der Waals surface area contributed by atoms with Crippen molar-refractivity contribution in [2.75, 3.05) is 13.2 Å². The number of hydrogen-bond acceptors (Lipinski definition) is 6. The summed E-state index contributed by atoms with van der Waals surface area (Å²) in [5.41, 5.74) is 0.674. The molecule has 1 aliphatic rings. The molecule has 1 unspecified atom stereocenters. The lowest BCUT2D eigenvalue weighted by molar-refractivity contribution is -0.139. The molecule has 0 spiro atoms. The number of nitriles is 1. The van der Waals surface area contributed by atoms with Gasteiger partial charge >= 0.3 is 18.1 Å². The molecule has 1 heterocycles. The van der Waals surface area contributed by atoms with E-state index < -0.39 is 29.6 Å². The van der Waals surface area contributed by atoms with Crippen LogP contribution in [-0.4, -0.2) is 25.2 Å². The van der Waals surface area contributed by atoms with E-state index in [0.29, 0.717) is 11.4 Å². The number of carbonyl (C=O) groups excluding carboxylic acids is 2. The number of rotatable bonds is 8. The Morgan fingerprint density at radius 3 is 2.27 bits per heavy atom. The molecule has 0 aromatic heterocycles. The molecule has 2 aromatic carbocycles. The predicted molar refractivity (Wildman–Crippen MR) is 130 cm³/mol. The van der Waals surface area contributed by atoms with Crippen LogP contribution in [0.15, 0.2) is 83.2 Å². The maximum atomic E-state index is 13.5. The first-order valence-electron chi connectivity index (χ1n) is 11.4. The zero-order chi connectivity index (χ0) is 27.0. The number of halogens is 3. The fourth-order valence-electron chi connectivity index (χ4n) is 3.98. The summed E-state index contributed by atoms with van der Waals surface area (Å²) in [7, 11) is 0. The summed E-state index contributed by atoms with van der Waals surface area (Å²) in [5, 5.41) is 11.7. The molecule has 192 valence electrons. The second kappa shape index (κ2) is 12.1. The predicted octanol–water partition coefficient (Wildman–Crippen LogP) is 5.65. The Balaban J connectivity index is 1.97. The van der Waals surface area contributed by atoms with E-state index in [0.717, 1.165) is 17.7 Å². The van der Waals surface area contributed by atoms with Crippen molar-refractivity contribution in [3.8, 4) is 6.07 Å². The number of esters is 2. The van der Waals surface area contributed by atoms with Gasteiger partial charge in [0.1, 0.15) is 13.2 Å². The smallest absolute Gasteiger partial charge is 0.416 e. The average Bonchev–Trinajstić information content (AvgIpc) is 2.86. The average molecular weight is 511 g/mol. The summed E-state index contributed by atoms with van der Waals surface area (Å²) in [6.07, 6.45) is -1.29. The Morgan fingerprint density at radius 1 is 1.00 bits per heavy atom. The van der Waals surface area contributed by atoms with E-state index in [-0.39, 0.29) is 36.3 Å². The normalized spacial score (nSPS) is 15.8. The van der Waals surface area contributed by atoms with Gasteiger partial charge in [-0.25, -0.2) is 9.59 Å². The van der Waals surface area contributed by atoms with E-state index in [1.807, 2.05) is 36.4 Å². The lowest BCUT2D eigenvalue weighted by atomic mass is 9.80. The van der Waals surface area contributed by atoms with Gasteiger partial charge in [-0.05, 0) is 37.1 Å². The molecule has 0 aliphatic carbocycles. The van der Waals surface area contributed by atoms with Crippen molar-refractivity contribution in [1.29, 1.82) is 5.26 Å². The topological polar surface area (TPSA) is 88.4 Å². The van der Waals surface area contributed by atoms with Crippen molar-refractivity contribution in [1.82, 2.24) is 5.32 Å². The van der Waals surface area contributed by atoms with Crippen LogP contribution in [0.1, 0.15) is 42.9 Å². The Kier molecular flexibility index (Phi) is 8.90. The van der Waals surface area contributed by atoms with Gasteiger partial charge in [-0.1, -0.05) is 54.6 Å². The minimum atomic E-state index is -4.63. The molecule has 0 fully saturated rings. The number of nitrogens with one attached hydrogen (secondary N) is 1. The third kappa shape index (κ3) is 6.88. The number of hydrogen-bond donors (Lipinski definition) is 1. The van der Waals surface area contributed by atoms with E-state index in [2.05, 4.69) is 5.32 Å². The Bertz CT molecular complexity index is 1290. The number of alkyl halides is 3. The second-order valence-corrected chi connectivity index (χ2v) is 8.21. The van der Waals surface area contributed by atoms with Crippen molar-refractivity contribution in [2.24, 2.45) is 0 Å². The van der Waals surface area contributed by atoms with E-state index in [1.54, 1.807) is 26.0 Å². The van der Waals surface area contributed by atoms with Gasteiger partial charge in [0.15, 0.2) is 0 Å². The Labute approximate surface area is 212 Å². The Morgan fingerprint density at radius 2 is 1.65 bits per heavy atom. The molecule has 0 amide bonds. The minimum Gasteiger partial charge on any atom is -0.461 e. The largest absolute Gasteiger partial charge is 0.461 e. The second-order valence-electron chi connectivity index (χ2n) is 8.21. The van der Waals surface area contributed by atoms with Gasteiger partial charge in [0.05, 0.1) is 35.1 Å². The van der Waals surface area contributed by atoms with Gasteiger partial charge in [0.25, 0.3) is 0 Å². The number of nitrogens with zero attached hydrogens (tertiary/aromatic N) is 1. The third-order valence-corrected chi connectivity index (χ3v) is 5.62. The number of benzene rings is 2. The summed E-state index contributed by atoms with van der Waals surface area (Å²) in [5.74, 6) is -2.81. The number of carbonyl (C=O) groups is 2. The highest BCUT2D eigenvalue weighted by Crippen LogP contribution is 2.41. The molecule has 1 atom stereocenters. The molecule has 9 heteroatoms. The summed E-state index contributed by atoms with van der Waals surface area (Å²) in [6.45, 7) is 2.85. The highest BCUT2D eigenvalue weighted by atomic mass is 19.4. The summed E-state index contributed by atoms with van der Waals surface area (Å²) < 4.78 is 51.1. The molecule has 1 N–H and O–H groups in total. The van der Waals surface area contributed by atoms with Crippen LogP contribution in [0.4, 0.5) is 13.2 Å². The van der Waals surface area contributed by atoms with Crippen molar-refractivity contribution in [2.45, 2.75) is 32.4 Å². The molecule has 37 heavy (non-hydrogen) atoms. The number of allylic oxidation sites excluding steroid dienone is 2. The van der Waals surface area contributed by atoms with Gasteiger partial charge in [0, 0.05) is 11.4 Å². The molecule has 0 saturated carbocycles. The fourth-order valence-corrected chi connectivity index (χ4v) is 3.98. The van der Waals surface area contributed by atoms with E-state index in [1.165, 1.54) is 12.1 Å². The maximum absolute atomic E-state index is 13.5. The molecule has 0 bridgehead atoms. The highest BCUT2D eigenvalue weighted by Gasteiger charge is 2.39. The molecule has 1 aliphatic heterocycles. The van der Waals surface area contributed by atoms with Crippen LogP contribution in [0.3, 0.4) is 0 Å². The first-order valence-corrected chi connectivity index (χ1v) is 11.4. The van der Waals surface area contributed by atoms with Crippen LogP contribution in [0.2, 0.25) is 0 Å². The van der Waals surface area contributed by atoms with Gasteiger partial charge in [-0.2, -0.15) is 18.4 Å². The highest BCUT2D eigenvalue weighted by molar-refractivity contribution is 6.00. The van der Waals surface area contributed by atoms with Crippen molar-refractivity contribution in [3.63, 3.8) is 0 Å². The van der Waals surface area contributed by atoms with Gasteiger partial charge < -0.3 is 14.8 Å². The molecule has 0 saturated heterocycles. The first-order chi connectivity index (χ1) is 17.6. The van der Waals surface area contributed by atoms with Gasteiger partial charge in [0.2, 0.25) is 0 Å². The van der Waals surface area contributed by atoms with E-state index >= 15 is 0 Å². The molecular formula is C28H25F3N2O4. The molecule has 6 nitrogen and oxygen atoms in total. The fraction of sp³-hybridized carbons (Fsp3) is 0.250. The quantitative estimate of drug-likeness (QED) is 0.365. The van der Waals surface area contributed by atoms with Crippen LogP contribution in [-0.2, 0) is 25.2 Å². The summed E-state index contributed by atoms with van der Waals surface area (Å²) >= 11 is 0. The van der Waals surface area contributed by atoms with Crippen LogP contribution >= 0.6 is 0 Å². The lowest BCUT2D eigenvalue weighted by Gasteiger charge is -2.30. The molecule has 0 radical (unpaired) electrons. The van der Waals surface area contributed by atoms with Crippen LogP contribution in [0.5, 0.6) is 0 Å². The number of dihydropyridines is 1. The maximum Gasteiger partial charge on any atom is 0.416 e. The van der Waals surface area contributed by atoms with E-state index in [4.69, 9.17) is 14.7 Å². The van der Waals surface area contributed by atoms with E-state index in [9.17, 15) is 22.8 Å². The number of ether oxygens (including phenoxy) is 2. The monoisotopic (exact) mass is 510 g/mol. The SMILES string of the molecule is CC1=C(C(=O)OCC=Cc2ccccc2)C(c2cccc(C(F)(F)F)c2)C(C(=O)OCCC#N)=C(C)N1. The summed E-state index contributed by atoms with van der Waals surface area (Å²) in [4.78, 5) is 26.2. The van der Waals surface area contributed by atoms with Crippen molar-refractivity contribution < 1.29 is 32.2 Å². The van der Waals surface area contributed by atoms with Crippen LogP contribution in [0, 0.1) is 11.3 Å². The molecular weight excluding hydrogens is 485 g/mol. The minimum absolute atomic E-state index is 0.00901. The van der Waals surface area contributed by atoms with Crippen molar-refractivity contribution in [3.05, 3.63) is 99.9 Å². The summed E-state index contributed by atoms with van der Waals surface area (Å²) in [6, 6.07) is 15.6. The van der Waals surface area contributed by atoms with Gasteiger partial charge in [-0.15, -0.1) is 0 Å². The standard InChI is InChI=1S/C28H25F3N2O4/c1-18-23(26(34)36-15-7-11-20-9-4-3-5-10-20)25(21-12-6-13-22(17-21)28(29,30)31)24(19(2)33-18)27(35)37-16-8-14-32/h3-7,9-13,17,25,33H,8,15-16H2,1-2H3. The van der Waals surface area contributed by atoms with Crippen LogP contribution in [0.25, 0.3) is 6.08 Å². The van der Waals surface area contributed by atoms with Crippen LogP contribution < -0.4 is 5.32 Å². The van der Waals surface area contributed by atoms with Crippen molar-refractivity contribution >= 4 is 18.0 Å². The molecule has 2 aromatic rings. The first kappa shape index (κ1) is 27.3.